The maximum absolute atomic E-state index is 3.56. The molecule has 1 fully saturated rings. The SMILES string of the molecule is CC[C@@H]1CCC(CCCCNCCC(C)C)C1. The molecule has 0 aromatic rings. The fourth-order valence-electron chi connectivity index (χ4n) is 3.01. The van der Waals surface area contributed by atoms with E-state index in [0.29, 0.717) is 0 Å². The molecule has 1 nitrogen and oxygen atoms in total. The van der Waals surface area contributed by atoms with Crippen molar-refractivity contribution in [1.82, 2.24) is 5.32 Å². The van der Waals surface area contributed by atoms with Gasteiger partial charge in [-0.3, -0.25) is 0 Å². The highest BCUT2D eigenvalue weighted by molar-refractivity contribution is 4.74. The van der Waals surface area contributed by atoms with E-state index in [1.165, 1.54) is 64.5 Å². The van der Waals surface area contributed by atoms with Crippen molar-refractivity contribution < 1.29 is 0 Å². The van der Waals surface area contributed by atoms with Crippen molar-refractivity contribution in [2.24, 2.45) is 17.8 Å². The molecule has 0 aliphatic heterocycles. The second-order valence-corrected chi connectivity index (χ2v) is 6.38. The Morgan fingerprint density at radius 2 is 1.82 bits per heavy atom. The minimum Gasteiger partial charge on any atom is -0.317 e. The lowest BCUT2D eigenvalue weighted by Crippen LogP contribution is -2.18. The van der Waals surface area contributed by atoms with Crippen molar-refractivity contribution >= 4 is 0 Å². The normalized spacial score (nSPS) is 24.7. The van der Waals surface area contributed by atoms with Crippen LogP contribution in [0.25, 0.3) is 0 Å². The Balaban J connectivity index is 1.85. The van der Waals surface area contributed by atoms with Crippen LogP contribution in [0.15, 0.2) is 0 Å². The van der Waals surface area contributed by atoms with Gasteiger partial charge in [0.1, 0.15) is 0 Å². The first-order valence-corrected chi connectivity index (χ1v) is 7.93. The number of hydrogen-bond acceptors (Lipinski definition) is 1. The smallest absolute Gasteiger partial charge is 0.00465 e. The number of rotatable bonds is 9. The Morgan fingerprint density at radius 1 is 1.06 bits per heavy atom. The zero-order valence-corrected chi connectivity index (χ0v) is 12.3. The molecule has 0 spiro atoms. The molecule has 1 rings (SSSR count). The standard InChI is InChI=1S/C16H33N/c1-4-15-8-9-16(13-15)7-5-6-11-17-12-10-14(2)3/h14-17H,4-13H2,1-3H3/t15-,16?/m1/s1. The minimum absolute atomic E-state index is 0.840. The third-order valence-electron chi connectivity index (χ3n) is 4.34. The van der Waals surface area contributed by atoms with Gasteiger partial charge in [-0.2, -0.15) is 0 Å². The first kappa shape index (κ1) is 15.0. The third kappa shape index (κ3) is 7.08. The van der Waals surface area contributed by atoms with Gasteiger partial charge in [-0.1, -0.05) is 52.9 Å². The molecule has 0 radical (unpaired) electrons. The fraction of sp³-hybridized carbons (Fsp3) is 1.00. The van der Waals surface area contributed by atoms with Crippen LogP contribution >= 0.6 is 0 Å². The first-order valence-electron chi connectivity index (χ1n) is 7.93. The molecule has 0 bridgehead atoms. The van der Waals surface area contributed by atoms with E-state index in [1.807, 2.05) is 0 Å². The lowest BCUT2D eigenvalue weighted by molar-refractivity contribution is 0.434. The molecule has 1 N–H and O–H groups in total. The molecule has 1 heteroatoms. The Bertz CT molecular complexity index is 176. The summed E-state index contributed by atoms with van der Waals surface area (Å²) in [6, 6.07) is 0. The Kier molecular flexibility index (Phi) is 7.92. The van der Waals surface area contributed by atoms with Gasteiger partial charge in [0.05, 0.1) is 0 Å². The summed E-state index contributed by atoms with van der Waals surface area (Å²) < 4.78 is 0. The van der Waals surface area contributed by atoms with Crippen LogP contribution in [0.2, 0.25) is 0 Å². The summed E-state index contributed by atoms with van der Waals surface area (Å²) >= 11 is 0. The lowest BCUT2D eigenvalue weighted by Gasteiger charge is -2.10. The maximum Gasteiger partial charge on any atom is -0.00465 e. The van der Waals surface area contributed by atoms with Crippen LogP contribution in [-0.2, 0) is 0 Å². The van der Waals surface area contributed by atoms with Crippen LogP contribution in [0.3, 0.4) is 0 Å². The molecule has 1 aliphatic carbocycles. The molecule has 2 atom stereocenters. The Labute approximate surface area is 109 Å². The Morgan fingerprint density at radius 3 is 2.47 bits per heavy atom. The van der Waals surface area contributed by atoms with Crippen molar-refractivity contribution in [2.75, 3.05) is 13.1 Å². The topological polar surface area (TPSA) is 12.0 Å². The van der Waals surface area contributed by atoms with Gasteiger partial charge in [-0.05, 0) is 50.1 Å². The highest BCUT2D eigenvalue weighted by atomic mass is 14.8. The van der Waals surface area contributed by atoms with Crippen LogP contribution in [0.4, 0.5) is 0 Å². The largest absolute Gasteiger partial charge is 0.317 e. The molecule has 1 saturated carbocycles. The van der Waals surface area contributed by atoms with Crippen molar-refractivity contribution in [2.45, 2.75) is 72.1 Å². The van der Waals surface area contributed by atoms with Gasteiger partial charge in [0.2, 0.25) is 0 Å². The number of unbranched alkanes of at least 4 members (excludes halogenated alkanes) is 1. The maximum atomic E-state index is 3.56. The lowest BCUT2D eigenvalue weighted by atomic mass is 9.98. The van der Waals surface area contributed by atoms with E-state index < -0.39 is 0 Å². The second-order valence-electron chi connectivity index (χ2n) is 6.38. The molecular formula is C16H33N. The molecule has 0 aromatic carbocycles. The third-order valence-corrected chi connectivity index (χ3v) is 4.34. The highest BCUT2D eigenvalue weighted by Gasteiger charge is 2.22. The molecule has 0 saturated heterocycles. The van der Waals surface area contributed by atoms with Gasteiger partial charge >= 0.3 is 0 Å². The van der Waals surface area contributed by atoms with Crippen molar-refractivity contribution in [3.63, 3.8) is 0 Å². The molecule has 1 aliphatic rings. The first-order chi connectivity index (χ1) is 8.22. The van der Waals surface area contributed by atoms with Gasteiger partial charge in [-0.15, -0.1) is 0 Å². The molecule has 0 heterocycles. The minimum atomic E-state index is 0.840. The predicted octanol–water partition coefficient (Wildman–Crippen LogP) is 4.62. The second kappa shape index (κ2) is 8.97. The summed E-state index contributed by atoms with van der Waals surface area (Å²) in [5.74, 6) is 2.96. The van der Waals surface area contributed by atoms with E-state index in [-0.39, 0.29) is 0 Å². The summed E-state index contributed by atoms with van der Waals surface area (Å²) in [4.78, 5) is 0. The van der Waals surface area contributed by atoms with Gasteiger partial charge < -0.3 is 5.32 Å². The molecular weight excluding hydrogens is 206 g/mol. The molecule has 1 unspecified atom stereocenters. The van der Waals surface area contributed by atoms with Gasteiger partial charge in [0.25, 0.3) is 0 Å². The number of hydrogen-bond donors (Lipinski definition) is 1. The fourth-order valence-corrected chi connectivity index (χ4v) is 3.01. The zero-order valence-electron chi connectivity index (χ0n) is 12.3. The summed E-state index contributed by atoms with van der Waals surface area (Å²) in [6.07, 6.45) is 11.6. The molecule has 0 amide bonds. The van der Waals surface area contributed by atoms with E-state index in [0.717, 1.165) is 17.8 Å². The average Bonchev–Trinajstić information content (AvgIpc) is 2.75. The summed E-state index contributed by atoms with van der Waals surface area (Å²) in [7, 11) is 0. The molecule has 0 aromatic heterocycles. The quantitative estimate of drug-likeness (QED) is 0.579. The Hall–Kier alpha value is -0.0400. The van der Waals surface area contributed by atoms with Crippen LogP contribution in [0, 0.1) is 17.8 Å². The van der Waals surface area contributed by atoms with Gasteiger partial charge in [0.15, 0.2) is 0 Å². The van der Waals surface area contributed by atoms with Crippen molar-refractivity contribution in [3.8, 4) is 0 Å². The van der Waals surface area contributed by atoms with E-state index >= 15 is 0 Å². The molecule has 17 heavy (non-hydrogen) atoms. The van der Waals surface area contributed by atoms with E-state index in [4.69, 9.17) is 0 Å². The van der Waals surface area contributed by atoms with Crippen LogP contribution < -0.4 is 5.32 Å². The highest BCUT2D eigenvalue weighted by Crippen LogP contribution is 2.35. The monoisotopic (exact) mass is 239 g/mol. The van der Waals surface area contributed by atoms with E-state index in [2.05, 4.69) is 26.1 Å². The average molecular weight is 239 g/mol. The summed E-state index contributed by atoms with van der Waals surface area (Å²) in [5, 5.41) is 3.56. The van der Waals surface area contributed by atoms with E-state index in [9.17, 15) is 0 Å². The zero-order chi connectivity index (χ0) is 12.5. The molecule has 102 valence electrons. The van der Waals surface area contributed by atoms with E-state index in [1.54, 1.807) is 0 Å². The summed E-state index contributed by atoms with van der Waals surface area (Å²) in [6.45, 7) is 9.39. The van der Waals surface area contributed by atoms with Gasteiger partial charge in [0, 0.05) is 0 Å². The summed E-state index contributed by atoms with van der Waals surface area (Å²) in [5.41, 5.74) is 0. The van der Waals surface area contributed by atoms with Crippen LogP contribution in [0.1, 0.15) is 72.1 Å². The predicted molar refractivity (Wildman–Crippen MR) is 77.3 cm³/mol. The van der Waals surface area contributed by atoms with Crippen LogP contribution in [-0.4, -0.2) is 13.1 Å². The van der Waals surface area contributed by atoms with Crippen LogP contribution in [0.5, 0.6) is 0 Å². The number of nitrogens with one attached hydrogen (secondary N) is 1. The van der Waals surface area contributed by atoms with Crippen molar-refractivity contribution in [1.29, 1.82) is 0 Å². The van der Waals surface area contributed by atoms with Gasteiger partial charge in [-0.25, -0.2) is 0 Å². The van der Waals surface area contributed by atoms with Crippen molar-refractivity contribution in [3.05, 3.63) is 0 Å².